The second kappa shape index (κ2) is 6.35. The molecule has 2 aromatic rings. The van der Waals surface area contributed by atoms with Crippen molar-refractivity contribution in [2.75, 3.05) is 0 Å². The van der Waals surface area contributed by atoms with Gasteiger partial charge in [0.05, 0.1) is 8.66 Å². The Balaban J connectivity index is 2.19. The number of carbonyl (C=O) groups excluding carboxylic acids is 1. The molecule has 0 aliphatic rings. The Bertz CT molecular complexity index is 550. The van der Waals surface area contributed by atoms with Crippen LogP contribution in [0.2, 0.25) is 0 Å². The van der Waals surface area contributed by atoms with Gasteiger partial charge >= 0.3 is 0 Å². The van der Waals surface area contributed by atoms with Crippen LogP contribution < -0.4 is 0 Å². The van der Waals surface area contributed by atoms with E-state index < -0.39 is 0 Å². The fourth-order valence-corrected chi connectivity index (χ4v) is 3.18. The van der Waals surface area contributed by atoms with Gasteiger partial charge < -0.3 is 4.90 Å². The lowest BCUT2D eigenvalue weighted by Gasteiger charge is -2.26. The highest BCUT2D eigenvalue weighted by Crippen LogP contribution is 2.24. The molecule has 2 nitrogen and oxygen atoms in total. The third kappa shape index (κ3) is 3.67. The third-order valence-electron chi connectivity index (χ3n) is 2.86. The summed E-state index contributed by atoms with van der Waals surface area (Å²) in [5, 5.41) is 0. The molecule has 0 fully saturated rings. The van der Waals surface area contributed by atoms with Gasteiger partial charge in [-0.25, -0.2) is 0 Å². The first kappa shape index (κ1) is 14.3. The molecule has 1 heterocycles. The molecule has 0 N–H and O–H groups in total. The van der Waals surface area contributed by atoms with Gasteiger partial charge in [0.1, 0.15) is 0 Å². The summed E-state index contributed by atoms with van der Waals surface area (Å²) < 4.78 is 0.985. The van der Waals surface area contributed by atoms with Gasteiger partial charge in [0.15, 0.2) is 0 Å². The molecule has 0 aliphatic carbocycles. The first-order valence-electron chi connectivity index (χ1n) is 6.18. The van der Waals surface area contributed by atoms with E-state index in [0.29, 0.717) is 6.54 Å². The zero-order chi connectivity index (χ0) is 13.8. The first-order valence-corrected chi connectivity index (χ1v) is 7.79. The monoisotopic (exact) mass is 337 g/mol. The zero-order valence-electron chi connectivity index (χ0n) is 11.0. The normalized spacial score (nSPS) is 10.7. The van der Waals surface area contributed by atoms with Crippen LogP contribution in [0.5, 0.6) is 0 Å². The average molecular weight is 338 g/mol. The molecule has 2 rings (SSSR count). The molecule has 1 amide bonds. The van der Waals surface area contributed by atoms with E-state index in [2.05, 4.69) is 15.9 Å². The topological polar surface area (TPSA) is 20.3 Å². The van der Waals surface area contributed by atoms with Crippen LogP contribution >= 0.6 is 27.3 Å². The SMILES string of the molecule is CC(C)N(Cc1ccccc1)C(=O)c1ccc(Br)s1. The molecule has 0 bridgehead atoms. The van der Waals surface area contributed by atoms with Gasteiger partial charge in [0, 0.05) is 12.6 Å². The minimum atomic E-state index is 0.0922. The van der Waals surface area contributed by atoms with Crippen molar-refractivity contribution in [3.63, 3.8) is 0 Å². The maximum absolute atomic E-state index is 12.5. The number of carbonyl (C=O) groups is 1. The maximum atomic E-state index is 12.5. The molecule has 0 spiro atoms. The Labute approximate surface area is 126 Å². The van der Waals surface area contributed by atoms with Crippen molar-refractivity contribution >= 4 is 33.2 Å². The summed E-state index contributed by atoms with van der Waals surface area (Å²) in [7, 11) is 0. The summed E-state index contributed by atoms with van der Waals surface area (Å²) in [5.74, 6) is 0.0922. The number of hydrogen-bond donors (Lipinski definition) is 0. The van der Waals surface area contributed by atoms with Crippen LogP contribution in [0.3, 0.4) is 0 Å². The number of benzene rings is 1. The smallest absolute Gasteiger partial charge is 0.264 e. The Morgan fingerprint density at radius 1 is 1.21 bits per heavy atom. The van der Waals surface area contributed by atoms with E-state index >= 15 is 0 Å². The summed E-state index contributed by atoms with van der Waals surface area (Å²) in [4.78, 5) is 15.2. The lowest BCUT2D eigenvalue weighted by molar-refractivity contribution is 0.0695. The number of hydrogen-bond acceptors (Lipinski definition) is 2. The summed E-state index contributed by atoms with van der Waals surface area (Å²) in [6.45, 7) is 4.74. The van der Waals surface area contributed by atoms with Crippen LogP contribution in [0, 0.1) is 0 Å². The Kier molecular flexibility index (Phi) is 4.77. The summed E-state index contributed by atoms with van der Waals surface area (Å²) in [6, 6.07) is 14.0. The molecule has 0 unspecified atom stereocenters. The van der Waals surface area contributed by atoms with Gasteiger partial charge in [-0.1, -0.05) is 30.3 Å². The Morgan fingerprint density at radius 3 is 2.42 bits per heavy atom. The molecule has 0 aliphatic heterocycles. The van der Waals surface area contributed by atoms with Gasteiger partial charge in [-0.2, -0.15) is 0 Å². The lowest BCUT2D eigenvalue weighted by Crippen LogP contribution is -2.35. The van der Waals surface area contributed by atoms with Crippen LogP contribution in [0.25, 0.3) is 0 Å². The highest BCUT2D eigenvalue weighted by atomic mass is 79.9. The van der Waals surface area contributed by atoms with E-state index in [-0.39, 0.29) is 11.9 Å². The third-order valence-corrected chi connectivity index (χ3v) is 4.48. The van der Waals surface area contributed by atoms with Crippen molar-refractivity contribution in [3.8, 4) is 0 Å². The van der Waals surface area contributed by atoms with Crippen molar-refractivity contribution in [2.24, 2.45) is 0 Å². The van der Waals surface area contributed by atoms with Gasteiger partial charge in [-0.15, -0.1) is 11.3 Å². The highest BCUT2D eigenvalue weighted by molar-refractivity contribution is 9.11. The van der Waals surface area contributed by atoms with E-state index in [0.717, 1.165) is 14.2 Å². The summed E-state index contributed by atoms with van der Waals surface area (Å²) in [6.07, 6.45) is 0. The second-order valence-electron chi connectivity index (χ2n) is 4.62. The Hall–Kier alpha value is -1.13. The molecule has 4 heteroatoms. The highest BCUT2D eigenvalue weighted by Gasteiger charge is 2.20. The predicted octanol–water partition coefficient (Wildman–Crippen LogP) is 4.56. The van der Waals surface area contributed by atoms with Gasteiger partial charge in [-0.05, 0) is 47.5 Å². The van der Waals surface area contributed by atoms with E-state index in [9.17, 15) is 4.79 Å². The molecule has 0 saturated heterocycles. The molecule has 0 atom stereocenters. The summed E-state index contributed by atoms with van der Waals surface area (Å²) >= 11 is 4.88. The standard InChI is InChI=1S/C15H16BrNOS/c1-11(2)17(10-12-6-4-3-5-7-12)15(18)13-8-9-14(16)19-13/h3-9,11H,10H2,1-2H3. The van der Waals surface area contributed by atoms with Crippen LogP contribution in [0.4, 0.5) is 0 Å². The molecule has 19 heavy (non-hydrogen) atoms. The van der Waals surface area contributed by atoms with E-state index in [1.165, 1.54) is 11.3 Å². The zero-order valence-corrected chi connectivity index (χ0v) is 13.4. The molecule has 100 valence electrons. The average Bonchev–Trinajstić information content (AvgIpc) is 2.83. The molecular formula is C15H16BrNOS. The number of nitrogens with zero attached hydrogens (tertiary/aromatic N) is 1. The van der Waals surface area contributed by atoms with Crippen LogP contribution in [0.1, 0.15) is 29.1 Å². The maximum Gasteiger partial charge on any atom is 0.264 e. The van der Waals surface area contributed by atoms with Gasteiger partial charge in [0.2, 0.25) is 0 Å². The van der Waals surface area contributed by atoms with E-state index in [1.807, 2.05) is 61.2 Å². The predicted molar refractivity (Wildman–Crippen MR) is 83.5 cm³/mol. The van der Waals surface area contributed by atoms with Crippen LogP contribution in [-0.2, 0) is 6.54 Å². The van der Waals surface area contributed by atoms with Gasteiger partial charge in [-0.3, -0.25) is 4.79 Å². The quantitative estimate of drug-likeness (QED) is 0.800. The number of halogens is 1. The van der Waals surface area contributed by atoms with E-state index in [4.69, 9.17) is 0 Å². The molecule has 0 radical (unpaired) electrons. The molecule has 1 aromatic heterocycles. The minimum Gasteiger partial charge on any atom is -0.331 e. The largest absolute Gasteiger partial charge is 0.331 e. The van der Waals surface area contributed by atoms with Crippen molar-refractivity contribution in [2.45, 2.75) is 26.4 Å². The molecule has 1 aromatic carbocycles. The molecule has 0 saturated carbocycles. The second-order valence-corrected chi connectivity index (χ2v) is 7.08. The number of thiophene rings is 1. The Morgan fingerprint density at radius 2 is 1.89 bits per heavy atom. The van der Waals surface area contributed by atoms with Crippen molar-refractivity contribution in [1.82, 2.24) is 4.90 Å². The summed E-state index contributed by atoms with van der Waals surface area (Å²) in [5.41, 5.74) is 1.15. The number of rotatable bonds is 4. The fraction of sp³-hybridized carbons (Fsp3) is 0.267. The van der Waals surface area contributed by atoms with Crippen molar-refractivity contribution < 1.29 is 4.79 Å². The fourth-order valence-electron chi connectivity index (χ4n) is 1.84. The van der Waals surface area contributed by atoms with Gasteiger partial charge in [0.25, 0.3) is 5.91 Å². The number of amides is 1. The van der Waals surface area contributed by atoms with Crippen molar-refractivity contribution in [3.05, 3.63) is 56.7 Å². The minimum absolute atomic E-state index is 0.0922. The van der Waals surface area contributed by atoms with E-state index in [1.54, 1.807) is 0 Å². The first-order chi connectivity index (χ1) is 9.08. The van der Waals surface area contributed by atoms with Crippen LogP contribution in [0.15, 0.2) is 46.3 Å². The molecular weight excluding hydrogens is 322 g/mol. The lowest BCUT2D eigenvalue weighted by atomic mass is 10.2. The van der Waals surface area contributed by atoms with Crippen LogP contribution in [-0.4, -0.2) is 16.8 Å². The van der Waals surface area contributed by atoms with Crippen molar-refractivity contribution in [1.29, 1.82) is 0 Å².